The summed E-state index contributed by atoms with van der Waals surface area (Å²) in [5.74, 6) is 1.74. The number of rotatable bonds is 8. The number of hydrogen-bond donors (Lipinski definition) is 2. The second-order valence-corrected chi connectivity index (χ2v) is 5.99. The summed E-state index contributed by atoms with van der Waals surface area (Å²) in [7, 11) is 0. The van der Waals surface area contributed by atoms with E-state index >= 15 is 0 Å². The third-order valence-corrected chi connectivity index (χ3v) is 4.15. The van der Waals surface area contributed by atoms with Gasteiger partial charge in [-0.3, -0.25) is 0 Å². The molecule has 0 radical (unpaired) electrons. The number of aliphatic hydroxyl groups excluding tert-OH is 1. The van der Waals surface area contributed by atoms with E-state index in [4.69, 9.17) is 0 Å². The van der Waals surface area contributed by atoms with E-state index in [1.807, 2.05) is 18.7 Å². The molecule has 0 heterocycles. The van der Waals surface area contributed by atoms with Gasteiger partial charge in [0.2, 0.25) is 0 Å². The summed E-state index contributed by atoms with van der Waals surface area (Å²) in [6, 6.07) is 0.566. The van der Waals surface area contributed by atoms with Crippen molar-refractivity contribution in [3.63, 3.8) is 0 Å². The molecule has 0 spiro atoms. The summed E-state index contributed by atoms with van der Waals surface area (Å²) in [5.41, 5.74) is 0. The molecule has 3 atom stereocenters. The van der Waals surface area contributed by atoms with Crippen molar-refractivity contribution >= 4 is 11.8 Å². The van der Waals surface area contributed by atoms with Gasteiger partial charge in [-0.15, -0.1) is 0 Å². The maximum absolute atomic E-state index is 9.41. The Bertz CT molecular complexity index is 151. The van der Waals surface area contributed by atoms with Crippen LogP contribution in [0.1, 0.15) is 41.0 Å². The first kappa shape index (κ1) is 15.3. The lowest BCUT2D eigenvalue weighted by atomic mass is 10.1. The Morgan fingerprint density at radius 3 is 2.20 bits per heavy atom. The van der Waals surface area contributed by atoms with E-state index in [0.717, 1.165) is 12.3 Å². The fourth-order valence-electron chi connectivity index (χ4n) is 1.21. The van der Waals surface area contributed by atoms with Gasteiger partial charge in [0.15, 0.2) is 0 Å². The topological polar surface area (TPSA) is 32.3 Å². The predicted molar refractivity (Wildman–Crippen MR) is 70.5 cm³/mol. The number of aliphatic hydroxyl groups is 1. The Balaban J connectivity index is 3.85. The second kappa shape index (κ2) is 8.43. The fraction of sp³-hybridized carbons (Fsp3) is 1.00. The largest absolute Gasteiger partial charge is 0.392 e. The van der Waals surface area contributed by atoms with Gasteiger partial charge in [0.25, 0.3) is 0 Å². The van der Waals surface area contributed by atoms with Crippen LogP contribution in [-0.4, -0.2) is 34.8 Å². The van der Waals surface area contributed by atoms with Crippen molar-refractivity contribution in [2.45, 2.75) is 58.4 Å². The molecule has 3 unspecified atom stereocenters. The van der Waals surface area contributed by atoms with Crippen LogP contribution in [0.4, 0.5) is 0 Å². The lowest BCUT2D eigenvalue weighted by molar-refractivity contribution is 0.196. The van der Waals surface area contributed by atoms with Crippen molar-refractivity contribution in [2.75, 3.05) is 12.3 Å². The molecule has 3 heteroatoms. The lowest BCUT2D eigenvalue weighted by Crippen LogP contribution is -2.37. The standard InChI is InChI=1S/C12H27NOS/c1-6-7-13-12(9(2)3)8-15-11(5)10(4)14/h9-14H,6-8H2,1-5H3. The summed E-state index contributed by atoms with van der Waals surface area (Å²) in [6.45, 7) is 11.7. The van der Waals surface area contributed by atoms with Crippen LogP contribution < -0.4 is 5.32 Å². The smallest absolute Gasteiger partial charge is 0.0628 e. The molecule has 0 fully saturated rings. The molecule has 0 aromatic rings. The van der Waals surface area contributed by atoms with Gasteiger partial charge in [-0.25, -0.2) is 0 Å². The Hall–Kier alpha value is 0.270. The summed E-state index contributed by atoms with van der Waals surface area (Å²) in [4.78, 5) is 0. The van der Waals surface area contributed by atoms with Gasteiger partial charge >= 0.3 is 0 Å². The molecule has 2 nitrogen and oxygen atoms in total. The van der Waals surface area contributed by atoms with Crippen molar-refractivity contribution < 1.29 is 5.11 Å². The van der Waals surface area contributed by atoms with E-state index in [9.17, 15) is 5.11 Å². The zero-order chi connectivity index (χ0) is 11.8. The minimum absolute atomic E-state index is 0.214. The van der Waals surface area contributed by atoms with E-state index in [2.05, 4.69) is 33.0 Å². The molecule has 0 saturated heterocycles. The molecule has 92 valence electrons. The highest BCUT2D eigenvalue weighted by molar-refractivity contribution is 7.99. The maximum atomic E-state index is 9.41. The second-order valence-electron chi connectivity index (χ2n) is 4.58. The molecule has 0 aromatic carbocycles. The van der Waals surface area contributed by atoms with Crippen LogP contribution in [0.15, 0.2) is 0 Å². The molecule has 0 bridgehead atoms. The Kier molecular flexibility index (Phi) is 8.58. The van der Waals surface area contributed by atoms with E-state index in [0.29, 0.717) is 17.2 Å². The summed E-state index contributed by atoms with van der Waals surface area (Å²) >= 11 is 1.86. The van der Waals surface area contributed by atoms with E-state index in [1.165, 1.54) is 6.42 Å². The van der Waals surface area contributed by atoms with Crippen molar-refractivity contribution in [1.29, 1.82) is 0 Å². The van der Waals surface area contributed by atoms with E-state index in [-0.39, 0.29) is 6.10 Å². The van der Waals surface area contributed by atoms with Gasteiger partial charge in [0.05, 0.1) is 6.10 Å². The average molecular weight is 233 g/mol. The fourth-order valence-corrected chi connectivity index (χ4v) is 2.50. The van der Waals surface area contributed by atoms with Crippen molar-refractivity contribution in [3.05, 3.63) is 0 Å². The van der Waals surface area contributed by atoms with Gasteiger partial charge in [-0.1, -0.05) is 27.7 Å². The first-order valence-corrected chi connectivity index (χ1v) is 7.06. The summed E-state index contributed by atoms with van der Waals surface area (Å²) in [6.07, 6.45) is 0.966. The Morgan fingerprint density at radius 1 is 1.20 bits per heavy atom. The van der Waals surface area contributed by atoms with Crippen LogP contribution >= 0.6 is 11.8 Å². The van der Waals surface area contributed by atoms with Gasteiger partial charge < -0.3 is 10.4 Å². The quantitative estimate of drug-likeness (QED) is 0.676. The SMILES string of the molecule is CCCNC(CSC(C)C(C)O)C(C)C. The molecule has 0 rings (SSSR count). The highest BCUT2D eigenvalue weighted by atomic mass is 32.2. The zero-order valence-electron chi connectivity index (χ0n) is 10.8. The molecule has 0 aromatic heterocycles. The molecule has 0 aliphatic heterocycles. The van der Waals surface area contributed by atoms with Gasteiger partial charge in [-0.05, 0) is 25.8 Å². The predicted octanol–water partition coefficient (Wildman–Crippen LogP) is 2.51. The third kappa shape index (κ3) is 7.20. The van der Waals surface area contributed by atoms with Crippen molar-refractivity contribution in [2.24, 2.45) is 5.92 Å². The number of nitrogens with one attached hydrogen (secondary N) is 1. The maximum Gasteiger partial charge on any atom is 0.0628 e. The van der Waals surface area contributed by atoms with E-state index in [1.54, 1.807) is 0 Å². The van der Waals surface area contributed by atoms with Gasteiger partial charge in [0.1, 0.15) is 0 Å². The van der Waals surface area contributed by atoms with Crippen molar-refractivity contribution in [3.8, 4) is 0 Å². The Labute approximate surface area is 99.2 Å². The van der Waals surface area contributed by atoms with E-state index < -0.39 is 0 Å². The van der Waals surface area contributed by atoms with Crippen molar-refractivity contribution in [1.82, 2.24) is 5.32 Å². The monoisotopic (exact) mass is 233 g/mol. The first-order chi connectivity index (χ1) is 6.99. The first-order valence-electron chi connectivity index (χ1n) is 6.02. The highest BCUT2D eigenvalue weighted by Crippen LogP contribution is 2.18. The van der Waals surface area contributed by atoms with Gasteiger partial charge in [0, 0.05) is 17.0 Å². The molecule has 15 heavy (non-hydrogen) atoms. The molecule has 0 amide bonds. The van der Waals surface area contributed by atoms with Crippen LogP contribution in [0.2, 0.25) is 0 Å². The minimum Gasteiger partial charge on any atom is -0.392 e. The summed E-state index contributed by atoms with van der Waals surface area (Å²) < 4.78 is 0. The number of hydrogen-bond acceptors (Lipinski definition) is 3. The summed E-state index contributed by atoms with van der Waals surface area (Å²) in [5, 5.41) is 13.3. The van der Waals surface area contributed by atoms with Gasteiger partial charge in [-0.2, -0.15) is 11.8 Å². The molecule has 0 aliphatic rings. The molecule has 2 N–H and O–H groups in total. The Morgan fingerprint density at radius 2 is 1.80 bits per heavy atom. The normalized spacial score (nSPS) is 17.8. The van der Waals surface area contributed by atoms with Crippen LogP contribution in [0.3, 0.4) is 0 Å². The third-order valence-electron chi connectivity index (χ3n) is 2.68. The molecular formula is C12H27NOS. The van der Waals surface area contributed by atoms with Crippen LogP contribution in [0.25, 0.3) is 0 Å². The average Bonchev–Trinajstić information content (AvgIpc) is 2.16. The highest BCUT2D eigenvalue weighted by Gasteiger charge is 2.16. The molecule has 0 saturated carbocycles. The lowest BCUT2D eigenvalue weighted by Gasteiger charge is -2.24. The van der Waals surface area contributed by atoms with Crippen LogP contribution in [-0.2, 0) is 0 Å². The molecule has 0 aliphatic carbocycles. The zero-order valence-corrected chi connectivity index (χ0v) is 11.6. The van der Waals surface area contributed by atoms with Crippen LogP contribution in [0.5, 0.6) is 0 Å². The minimum atomic E-state index is -0.214. The molecular weight excluding hydrogens is 206 g/mol. The van der Waals surface area contributed by atoms with Crippen LogP contribution in [0, 0.1) is 5.92 Å². The number of thioether (sulfide) groups is 1.